The Kier molecular flexibility index (Phi) is 3.44. The van der Waals surface area contributed by atoms with Crippen molar-refractivity contribution in [2.75, 3.05) is 0 Å². The van der Waals surface area contributed by atoms with Crippen LogP contribution in [0.2, 0.25) is 10.0 Å². The molecule has 0 aliphatic heterocycles. The summed E-state index contributed by atoms with van der Waals surface area (Å²) in [6, 6.07) is 5.04. The molecule has 0 atom stereocenters. The summed E-state index contributed by atoms with van der Waals surface area (Å²) in [5.41, 5.74) is -0.306. The molecule has 0 spiro atoms. The highest BCUT2D eigenvalue weighted by atomic mass is 35.5. The van der Waals surface area contributed by atoms with Crippen LogP contribution in [0.3, 0.4) is 0 Å². The fourth-order valence-corrected chi connectivity index (χ4v) is 1.38. The number of hydrogen-bond donors (Lipinski definition) is 1. The number of rotatable bonds is 0. The topological polar surface area (TPSA) is 20.2 Å². The van der Waals surface area contributed by atoms with E-state index in [2.05, 4.69) is 11.8 Å². The van der Waals surface area contributed by atoms with Crippen molar-refractivity contribution in [1.82, 2.24) is 0 Å². The van der Waals surface area contributed by atoms with E-state index in [-0.39, 0.29) is 0 Å². The molecule has 1 rings (SSSR count). The molecular formula is C11H10Cl2O. The molecule has 1 N–H and O–H groups in total. The number of aliphatic hydroxyl groups is 1. The van der Waals surface area contributed by atoms with Gasteiger partial charge in [-0.15, -0.1) is 0 Å². The minimum absolute atomic E-state index is 0.539. The van der Waals surface area contributed by atoms with Crippen LogP contribution >= 0.6 is 23.2 Å². The summed E-state index contributed by atoms with van der Waals surface area (Å²) in [4.78, 5) is 0. The molecule has 0 heterocycles. The van der Waals surface area contributed by atoms with Gasteiger partial charge in [-0.1, -0.05) is 35.0 Å². The highest BCUT2D eigenvalue weighted by molar-refractivity contribution is 6.34. The lowest BCUT2D eigenvalue weighted by atomic mass is 10.1. The normalized spacial score (nSPS) is 10.6. The predicted molar refractivity (Wildman–Crippen MR) is 59.6 cm³/mol. The van der Waals surface area contributed by atoms with Crippen LogP contribution in [0.5, 0.6) is 0 Å². The average molecular weight is 229 g/mol. The van der Waals surface area contributed by atoms with Crippen molar-refractivity contribution in [1.29, 1.82) is 0 Å². The van der Waals surface area contributed by atoms with Crippen molar-refractivity contribution in [3.63, 3.8) is 0 Å². The summed E-state index contributed by atoms with van der Waals surface area (Å²) in [7, 11) is 0. The SMILES string of the molecule is CC(C)(O)C#Cc1cc(Cl)cc(Cl)c1. The predicted octanol–water partition coefficient (Wildman–Crippen LogP) is 3.12. The molecule has 0 saturated carbocycles. The van der Waals surface area contributed by atoms with E-state index < -0.39 is 5.60 Å². The van der Waals surface area contributed by atoms with Crippen molar-refractivity contribution in [3.05, 3.63) is 33.8 Å². The average Bonchev–Trinajstić information content (AvgIpc) is 1.97. The fraction of sp³-hybridized carbons (Fsp3) is 0.273. The first kappa shape index (κ1) is 11.4. The van der Waals surface area contributed by atoms with Crippen molar-refractivity contribution < 1.29 is 5.11 Å². The van der Waals surface area contributed by atoms with E-state index in [4.69, 9.17) is 23.2 Å². The first-order valence-corrected chi connectivity index (χ1v) is 4.84. The van der Waals surface area contributed by atoms with E-state index in [0.29, 0.717) is 15.6 Å². The summed E-state index contributed by atoms with van der Waals surface area (Å²) in [5.74, 6) is 5.48. The van der Waals surface area contributed by atoms with E-state index in [1.807, 2.05) is 0 Å². The minimum atomic E-state index is -1.01. The largest absolute Gasteiger partial charge is 0.378 e. The maximum atomic E-state index is 9.38. The molecular weight excluding hydrogens is 219 g/mol. The van der Waals surface area contributed by atoms with Crippen LogP contribution in [0.25, 0.3) is 0 Å². The Balaban J connectivity index is 3.02. The molecule has 0 saturated heterocycles. The summed E-state index contributed by atoms with van der Waals surface area (Å²) >= 11 is 11.6. The van der Waals surface area contributed by atoms with Gasteiger partial charge in [0.15, 0.2) is 0 Å². The third-order valence-corrected chi connectivity index (χ3v) is 1.81. The van der Waals surface area contributed by atoms with Crippen molar-refractivity contribution >= 4 is 23.2 Å². The zero-order valence-electron chi connectivity index (χ0n) is 7.94. The van der Waals surface area contributed by atoms with Gasteiger partial charge in [-0.2, -0.15) is 0 Å². The molecule has 0 unspecified atom stereocenters. The molecule has 14 heavy (non-hydrogen) atoms. The summed E-state index contributed by atoms with van der Waals surface area (Å²) in [6.07, 6.45) is 0. The molecule has 0 aliphatic rings. The van der Waals surface area contributed by atoms with Gasteiger partial charge in [0.05, 0.1) is 0 Å². The molecule has 74 valence electrons. The Bertz CT molecular complexity index is 374. The van der Waals surface area contributed by atoms with Crippen LogP contribution in [-0.2, 0) is 0 Å². The molecule has 0 bridgehead atoms. The molecule has 1 aromatic carbocycles. The minimum Gasteiger partial charge on any atom is -0.378 e. The second kappa shape index (κ2) is 4.23. The van der Waals surface area contributed by atoms with E-state index >= 15 is 0 Å². The first-order valence-electron chi connectivity index (χ1n) is 4.08. The Morgan fingerprint density at radius 2 is 1.64 bits per heavy atom. The standard InChI is InChI=1S/C11H10Cl2O/c1-11(2,14)4-3-8-5-9(12)7-10(13)6-8/h5-7,14H,1-2H3. The monoisotopic (exact) mass is 228 g/mol. The van der Waals surface area contributed by atoms with Gasteiger partial charge in [0, 0.05) is 15.6 Å². The van der Waals surface area contributed by atoms with Crippen LogP contribution in [0.4, 0.5) is 0 Å². The maximum absolute atomic E-state index is 9.38. The maximum Gasteiger partial charge on any atom is 0.120 e. The number of hydrogen-bond acceptors (Lipinski definition) is 1. The zero-order valence-corrected chi connectivity index (χ0v) is 9.45. The van der Waals surface area contributed by atoms with E-state index in [1.54, 1.807) is 32.0 Å². The van der Waals surface area contributed by atoms with E-state index in [9.17, 15) is 5.11 Å². The Morgan fingerprint density at radius 1 is 1.14 bits per heavy atom. The van der Waals surface area contributed by atoms with E-state index in [1.165, 1.54) is 0 Å². The van der Waals surface area contributed by atoms with Gasteiger partial charge >= 0.3 is 0 Å². The van der Waals surface area contributed by atoms with Gasteiger partial charge in [0.1, 0.15) is 5.60 Å². The van der Waals surface area contributed by atoms with Crippen LogP contribution in [0.1, 0.15) is 19.4 Å². The summed E-state index contributed by atoms with van der Waals surface area (Å²) in [6.45, 7) is 3.23. The molecule has 0 radical (unpaired) electrons. The first-order chi connectivity index (χ1) is 6.37. The van der Waals surface area contributed by atoms with Crippen molar-refractivity contribution in [2.45, 2.75) is 19.4 Å². The van der Waals surface area contributed by atoms with Crippen LogP contribution < -0.4 is 0 Å². The second-order valence-electron chi connectivity index (χ2n) is 3.47. The molecule has 1 nitrogen and oxygen atoms in total. The van der Waals surface area contributed by atoms with Crippen molar-refractivity contribution in [2.24, 2.45) is 0 Å². The molecule has 0 amide bonds. The van der Waals surface area contributed by atoms with Crippen LogP contribution in [0.15, 0.2) is 18.2 Å². The summed E-state index contributed by atoms with van der Waals surface area (Å²) in [5, 5.41) is 10.5. The second-order valence-corrected chi connectivity index (χ2v) is 4.34. The van der Waals surface area contributed by atoms with Gasteiger partial charge in [-0.3, -0.25) is 0 Å². The quantitative estimate of drug-likeness (QED) is 0.677. The van der Waals surface area contributed by atoms with Gasteiger partial charge in [0.25, 0.3) is 0 Å². The molecule has 0 aromatic heterocycles. The van der Waals surface area contributed by atoms with Gasteiger partial charge in [-0.25, -0.2) is 0 Å². The van der Waals surface area contributed by atoms with E-state index in [0.717, 1.165) is 0 Å². The van der Waals surface area contributed by atoms with Gasteiger partial charge < -0.3 is 5.11 Å². The highest BCUT2D eigenvalue weighted by Gasteiger charge is 2.05. The van der Waals surface area contributed by atoms with Crippen molar-refractivity contribution in [3.8, 4) is 11.8 Å². The Labute approximate surface area is 93.7 Å². The van der Waals surface area contributed by atoms with Crippen LogP contribution in [-0.4, -0.2) is 10.7 Å². The summed E-state index contributed by atoms with van der Waals surface area (Å²) < 4.78 is 0. The molecule has 0 aliphatic carbocycles. The molecule has 0 fully saturated rings. The Hall–Kier alpha value is -0.680. The fourth-order valence-electron chi connectivity index (χ4n) is 0.851. The third-order valence-electron chi connectivity index (χ3n) is 1.38. The zero-order chi connectivity index (χ0) is 10.8. The lowest BCUT2D eigenvalue weighted by Gasteiger charge is -2.06. The van der Waals surface area contributed by atoms with Crippen LogP contribution in [0, 0.1) is 11.8 Å². The highest BCUT2D eigenvalue weighted by Crippen LogP contribution is 2.18. The smallest absolute Gasteiger partial charge is 0.120 e. The number of benzene rings is 1. The molecule has 1 aromatic rings. The lowest BCUT2D eigenvalue weighted by molar-refractivity contribution is 0.143. The van der Waals surface area contributed by atoms with Gasteiger partial charge in [0.2, 0.25) is 0 Å². The third kappa shape index (κ3) is 4.02. The lowest BCUT2D eigenvalue weighted by Crippen LogP contribution is -2.14. The number of halogens is 2. The molecule has 3 heteroatoms. The Morgan fingerprint density at radius 3 is 2.07 bits per heavy atom. The van der Waals surface area contributed by atoms with Gasteiger partial charge in [-0.05, 0) is 32.0 Å².